The van der Waals surface area contributed by atoms with Gasteiger partial charge in [-0.15, -0.1) is 0 Å². The van der Waals surface area contributed by atoms with Gasteiger partial charge < -0.3 is 19.3 Å². The first-order valence-electron chi connectivity index (χ1n) is 9.08. The zero-order chi connectivity index (χ0) is 18.6. The molecule has 4 rings (SSSR count). The Morgan fingerprint density at radius 3 is 2.89 bits per heavy atom. The fourth-order valence-electron chi connectivity index (χ4n) is 3.38. The molecule has 0 bridgehead atoms. The van der Waals surface area contributed by atoms with Crippen LogP contribution in [0, 0.1) is 5.92 Å². The molecule has 2 unspecified atom stereocenters. The summed E-state index contributed by atoms with van der Waals surface area (Å²) in [5, 5.41) is 9.09. The number of rotatable bonds is 6. The van der Waals surface area contributed by atoms with E-state index in [1.54, 1.807) is 13.2 Å². The van der Waals surface area contributed by atoms with Gasteiger partial charge in [0.1, 0.15) is 6.10 Å². The molecule has 0 radical (unpaired) electrons. The average Bonchev–Trinajstić information content (AvgIpc) is 3.39. The quantitative estimate of drug-likeness (QED) is 0.724. The minimum absolute atomic E-state index is 0.245. The summed E-state index contributed by atoms with van der Waals surface area (Å²) in [4.78, 5) is 12.3. The summed E-state index contributed by atoms with van der Waals surface area (Å²) in [7, 11) is 1.61. The van der Waals surface area contributed by atoms with Crippen molar-refractivity contribution in [2.45, 2.75) is 12.5 Å². The van der Waals surface area contributed by atoms with Gasteiger partial charge in [-0.05, 0) is 28.8 Å². The number of hydrogen-bond donors (Lipinski definition) is 1. The number of nitrogens with one attached hydrogen (secondary N) is 1. The molecule has 27 heavy (non-hydrogen) atoms. The second-order valence-corrected chi connectivity index (χ2v) is 6.78. The van der Waals surface area contributed by atoms with Crippen LogP contribution in [0.4, 0.5) is 0 Å². The van der Waals surface area contributed by atoms with Gasteiger partial charge in [0.15, 0.2) is 11.5 Å². The van der Waals surface area contributed by atoms with Crippen molar-refractivity contribution < 1.29 is 18.8 Å². The number of methoxy groups -OCH3 is 1. The van der Waals surface area contributed by atoms with E-state index in [9.17, 15) is 4.79 Å². The summed E-state index contributed by atoms with van der Waals surface area (Å²) < 4.78 is 16.4. The summed E-state index contributed by atoms with van der Waals surface area (Å²) >= 11 is 0. The minimum Gasteiger partial charge on any atom is -0.381 e. The summed E-state index contributed by atoms with van der Waals surface area (Å²) in [6, 6.07) is 15.9. The van der Waals surface area contributed by atoms with Crippen LogP contribution in [-0.2, 0) is 9.47 Å². The smallest absolute Gasteiger partial charge is 0.273 e. The highest BCUT2D eigenvalue weighted by Gasteiger charge is 2.23. The lowest BCUT2D eigenvalue weighted by atomic mass is 10.0. The predicted molar refractivity (Wildman–Crippen MR) is 101 cm³/mol. The summed E-state index contributed by atoms with van der Waals surface area (Å²) in [6.45, 7) is 2.04. The van der Waals surface area contributed by atoms with Crippen molar-refractivity contribution in [2.75, 3.05) is 26.9 Å². The zero-order valence-corrected chi connectivity index (χ0v) is 15.2. The molecule has 2 heterocycles. The van der Waals surface area contributed by atoms with Crippen molar-refractivity contribution in [3.63, 3.8) is 0 Å². The van der Waals surface area contributed by atoms with Crippen molar-refractivity contribution >= 4 is 16.7 Å². The van der Waals surface area contributed by atoms with Crippen LogP contribution in [0.5, 0.6) is 0 Å². The molecule has 140 valence electrons. The fourth-order valence-corrected chi connectivity index (χ4v) is 3.38. The summed E-state index contributed by atoms with van der Waals surface area (Å²) in [5.74, 6) is 0.622. The third-order valence-corrected chi connectivity index (χ3v) is 4.91. The van der Waals surface area contributed by atoms with Crippen molar-refractivity contribution in [3.05, 3.63) is 65.5 Å². The van der Waals surface area contributed by atoms with E-state index in [4.69, 9.17) is 14.0 Å². The van der Waals surface area contributed by atoms with Gasteiger partial charge in [-0.3, -0.25) is 4.79 Å². The van der Waals surface area contributed by atoms with E-state index in [-0.39, 0.29) is 11.6 Å². The third kappa shape index (κ3) is 3.86. The van der Waals surface area contributed by atoms with Gasteiger partial charge in [-0.1, -0.05) is 41.6 Å². The van der Waals surface area contributed by atoms with Crippen LogP contribution >= 0.6 is 0 Å². The molecule has 3 aromatic rings. The van der Waals surface area contributed by atoms with E-state index < -0.39 is 6.10 Å². The lowest BCUT2D eigenvalue weighted by Crippen LogP contribution is -2.29. The van der Waals surface area contributed by atoms with Crippen molar-refractivity contribution in [3.8, 4) is 0 Å². The monoisotopic (exact) mass is 366 g/mol. The molecule has 0 aliphatic carbocycles. The lowest BCUT2D eigenvalue weighted by molar-refractivity contribution is 0.0932. The Kier molecular flexibility index (Phi) is 5.18. The Labute approximate surface area is 157 Å². The molecular weight excluding hydrogens is 344 g/mol. The molecule has 6 heteroatoms. The number of nitrogens with zero attached hydrogens (tertiary/aromatic N) is 1. The van der Waals surface area contributed by atoms with E-state index >= 15 is 0 Å². The molecule has 1 aliphatic heterocycles. The minimum atomic E-state index is -0.424. The maximum Gasteiger partial charge on any atom is 0.273 e. The molecule has 0 spiro atoms. The van der Waals surface area contributed by atoms with Crippen LogP contribution in [0.3, 0.4) is 0 Å². The highest BCUT2D eigenvalue weighted by Crippen LogP contribution is 2.28. The Morgan fingerprint density at radius 2 is 2.11 bits per heavy atom. The van der Waals surface area contributed by atoms with E-state index in [1.165, 1.54) is 0 Å². The number of amides is 1. The van der Waals surface area contributed by atoms with Crippen LogP contribution in [0.2, 0.25) is 0 Å². The van der Waals surface area contributed by atoms with Gasteiger partial charge in [-0.2, -0.15) is 0 Å². The number of carbonyl (C=O) groups excluding carboxylic acids is 1. The Hall–Kier alpha value is -2.70. The lowest BCUT2D eigenvalue weighted by Gasteiger charge is -2.13. The molecule has 1 aromatic heterocycles. The van der Waals surface area contributed by atoms with Crippen LogP contribution in [-0.4, -0.2) is 37.9 Å². The van der Waals surface area contributed by atoms with E-state index in [0.717, 1.165) is 29.4 Å². The van der Waals surface area contributed by atoms with Gasteiger partial charge in [0, 0.05) is 32.2 Å². The maximum atomic E-state index is 12.3. The third-order valence-electron chi connectivity index (χ3n) is 4.91. The maximum absolute atomic E-state index is 12.3. The molecule has 1 saturated heterocycles. The molecular formula is C21H22N2O4. The molecule has 1 N–H and O–H groups in total. The first-order valence-corrected chi connectivity index (χ1v) is 9.08. The van der Waals surface area contributed by atoms with Crippen LogP contribution in [0.1, 0.15) is 34.3 Å². The number of aromatic nitrogens is 1. The highest BCUT2D eigenvalue weighted by atomic mass is 16.5. The number of ether oxygens (including phenoxy) is 2. The molecule has 1 aliphatic rings. The second kappa shape index (κ2) is 7.90. The highest BCUT2D eigenvalue weighted by molar-refractivity contribution is 5.92. The van der Waals surface area contributed by atoms with Gasteiger partial charge in [0.05, 0.1) is 6.61 Å². The Balaban J connectivity index is 1.50. The molecule has 1 fully saturated rings. The van der Waals surface area contributed by atoms with E-state index in [1.807, 2.05) is 24.3 Å². The van der Waals surface area contributed by atoms with Gasteiger partial charge in [-0.25, -0.2) is 0 Å². The van der Waals surface area contributed by atoms with Gasteiger partial charge in [0.25, 0.3) is 5.91 Å². The first kappa shape index (κ1) is 17.7. The van der Waals surface area contributed by atoms with Crippen LogP contribution < -0.4 is 5.32 Å². The summed E-state index contributed by atoms with van der Waals surface area (Å²) in [5.41, 5.74) is 1.20. The summed E-state index contributed by atoms with van der Waals surface area (Å²) in [6.07, 6.45) is 0.546. The molecule has 2 atom stereocenters. The Morgan fingerprint density at radius 1 is 1.26 bits per heavy atom. The van der Waals surface area contributed by atoms with Crippen LogP contribution in [0.15, 0.2) is 53.1 Å². The SMILES string of the molecule is COC(c1ccc2ccccc2c1)c1cc(C(=O)NCC2CCOC2)no1. The zero-order valence-electron chi connectivity index (χ0n) is 15.2. The molecule has 0 saturated carbocycles. The number of benzene rings is 2. The van der Waals surface area contributed by atoms with Crippen molar-refractivity contribution in [2.24, 2.45) is 5.92 Å². The van der Waals surface area contributed by atoms with E-state index in [2.05, 4.69) is 28.7 Å². The van der Waals surface area contributed by atoms with Gasteiger partial charge in [0.2, 0.25) is 0 Å². The van der Waals surface area contributed by atoms with Crippen molar-refractivity contribution in [1.29, 1.82) is 0 Å². The number of carbonyl (C=O) groups is 1. The number of hydrogen-bond acceptors (Lipinski definition) is 5. The standard InChI is InChI=1S/C21H22N2O4/c1-25-20(17-7-6-15-4-2-3-5-16(15)10-17)19-11-18(23-27-19)21(24)22-12-14-8-9-26-13-14/h2-7,10-11,14,20H,8-9,12-13H2,1H3,(H,22,24). The second-order valence-electron chi connectivity index (χ2n) is 6.78. The van der Waals surface area contributed by atoms with Crippen molar-refractivity contribution in [1.82, 2.24) is 10.5 Å². The molecule has 1 amide bonds. The first-order chi connectivity index (χ1) is 13.2. The molecule has 2 aromatic carbocycles. The topological polar surface area (TPSA) is 73.6 Å². The largest absolute Gasteiger partial charge is 0.381 e. The number of fused-ring (bicyclic) bond motifs is 1. The Bertz CT molecular complexity index is 931. The normalized spacial score (nSPS) is 17.9. The van der Waals surface area contributed by atoms with Gasteiger partial charge >= 0.3 is 0 Å². The van der Waals surface area contributed by atoms with Crippen LogP contribution in [0.25, 0.3) is 10.8 Å². The average molecular weight is 366 g/mol. The fraction of sp³-hybridized carbons (Fsp3) is 0.333. The predicted octanol–water partition coefficient (Wildman–Crippen LogP) is 3.33. The van der Waals surface area contributed by atoms with E-state index in [0.29, 0.717) is 24.8 Å². The molecule has 6 nitrogen and oxygen atoms in total.